The minimum Gasteiger partial charge on any atom is -0.339 e. The molecule has 2 bridgehead atoms. The fraction of sp³-hybridized carbons (Fsp3) is 0.833. The van der Waals surface area contributed by atoms with Crippen molar-refractivity contribution in [2.75, 3.05) is 0 Å². The van der Waals surface area contributed by atoms with E-state index >= 15 is 0 Å². The first-order chi connectivity index (χ1) is 6.87. The van der Waals surface area contributed by atoms with Crippen LogP contribution >= 0.6 is 0 Å². The maximum Gasteiger partial charge on any atom is 0.232 e. The standard InChI is InChI=1S/C12H18N2O/c1-8-13-9(15-14-8)11-5-12(6-11,7-11)10(2,3)4/h5-7H2,1-4H3. The molecule has 3 fully saturated rings. The first-order valence-electron chi connectivity index (χ1n) is 5.68. The van der Waals surface area contributed by atoms with E-state index in [1.54, 1.807) is 0 Å². The van der Waals surface area contributed by atoms with Crippen LogP contribution < -0.4 is 0 Å². The lowest BCUT2D eigenvalue weighted by Crippen LogP contribution is -2.69. The van der Waals surface area contributed by atoms with E-state index in [-0.39, 0.29) is 5.41 Å². The van der Waals surface area contributed by atoms with Gasteiger partial charge in [-0.25, -0.2) is 0 Å². The van der Waals surface area contributed by atoms with Crippen molar-refractivity contribution in [2.24, 2.45) is 10.8 Å². The van der Waals surface area contributed by atoms with Crippen LogP contribution in [0.4, 0.5) is 0 Å². The highest BCUT2D eigenvalue weighted by Crippen LogP contribution is 2.78. The second kappa shape index (κ2) is 2.28. The Hall–Kier alpha value is -0.860. The maximum absolute atomic E-state index is 5.31. The van der Waals surface area contributed by atoms with Gasteiger partial charge in [0.05, 0.1) is 5.41 Å². The Balaban J connectivity index is 1.82. The van der Waals surface area contributed by atoms with Gasteiger partial charge in [-0.2, -0.15) is 4.98 Å². The van der Waals surface area contributed by atoms with Gasteiger partial charge in [-0.15, -0.1) is 0 Å². The molecule has 0 aliphatic heterocycles. The van der Waals surface area contributed by atoms with Crippen LogP contribution in [0.5, 0.6) is 0 Å². The van der Waals surface area contributed by atoms with Gasteiger partial charge in [-0.3, -0.25) is 0 Å². The number of rotatable bonds is 1. The molecule has 15 heavy (non-hydrogen) atoms. The van der Waals surface area contributed by atoms with Crippen LogP contribution in [0.1, 0.15) is 51.7 Å². The summed E-state index contributed by atoms with van der Waals surface area (Å²) in [4.78, 5) is 4.38. The quantitative estimate of drug-likeness (QED) is 0.709. The normalized spacial score (nSPS) is 38.4. The second-order valence-electron chi connectivity index (χ2n) is 6.49. The molecule has 3 heteroatoms. The number of aromatic nitrogens is 2. The van der Waals surface area contributed by atoms with Crippen molar-refractivity contribution in [2.45, 2.75) is 52.4 Å². The van der Waals surface area contributed by atoms with Crippen LogP contribution in [-0.4, -0.2) is 10.1 Å². The zero-order valence-corrected chi connectivity index (χ0v) is 9.92. The third-order valence-electron chi connectivity index (χ3n) is 4.60. The fourth-order valence-corrected chi connectivity index (χ4v) is 3.32. The lowest BCUT2D eigenvalue weighted by Gasteiger charge is -2.74. The third kappa shape index (κ3) is 0.963. The molecule has 3 aliphatic rings. The van der Waals surface area contributed by atoms with E-state index in [2.05, 4.69) is 30.9 Å². The summed E-state index contributed by atoms with van der Waals surface area (Å²) in [5.41, 5.74) is 1.23. The van der Waals surface area contributed by atoms with Gasteiger partial charge in [0.2, 0.25) is 5.89 Å². The summed E-state index contributed by atoms with van der Waals surface area (Å²) in [6, 6.07) is 0. The van der Waals surface area contributed by atoms with Crippen LogP contribution in [0.25, 0.3) is 0 Å². The van der Waals surface area contributed by atoms with Gasteiger partial charge in [0.15, 0.2) is 5.82 Å². The van der Waals surface area contributed by atoms with E-state index in [4.69, 9.17) is 4.52 Å². The largest absolute Gasteiger partial charge is 0.339 e. The summed E-state index contributed by atoms with van der Waals surface area (Å²) in [7, 11) is 0. The van der Waals surface area contributed by atoms with Gasteiger partial charge in [0, 0.05) is 0 Å². The maximum atomic E-state index is 5.31. The predicted molar refractivity (Wildman–Crippen MR) is 56.5 cm³/mol. The molecule has 0 unspecified atom stereocenters. The molecule has 4 rings (SSSR count). The highest BCUT2D eigenvalue weighted by molar-refractivity contribution is 5.31. The number of aryl methyl sites for hydroxylation is 1. The van der Waals surface area contributed by atoms with Gasteiger partial charge in [0.1, 0.15) is 0 Å². The summed E-state index contributed by atoms with van der Waals surface area (Å²) in [5, 5.41) is 3.89. The van der Waals surface area contributed by atoms with Crippen molar-refractivity contribution in [3.8, 4) is 0 Å². The molecule has 0 N–H and O–H groups in total. The minimum atomic E-state index is 0.258. The Bertz CT molecular complexity index is 394. The van der Waals surface area contributed by atoms with E-state index < -0.39 is 0 Å². The number of nitrogens with zero attached hydrogens (tertiary/aromatic N) is 2. The van der Waals surface area contributed by atoms with E-state index in [1.807, 2.05) is 6.92 Å². The van der Waals surface area contributed by atoms with Gasteiger partial charge < -0.3 is 4.52 Å². The molecule has 1 heterocycles. The van der Waals surface area contributed by atoms with E-state index in [9.17, 15) is 0 Å². The molecule has 3 aliphatic carbocycles. The first-order valence-corrected chi connectivity index (χ1v) is 5.68. The molecule has 1 aromatic rings. The Labute approximate surface area is 90.3 Å². The summed E-state index contributed by atoms with van der Waals surface area (Å²) in [6.45, 7) is 8.91. The van der Waals surface area contributed by atoms with Crippen molar-refractivity contribution in [1.29, 1.82) is 0 Å². The lowest BCUT2D eigenvalue weighted by atomic mass is 9.29. The molecular weight excluding hydrogens is 188 g/mol. The highest BCUT2D eigenvalue weighted by Gasteiger charge is 2.74. The predicted octanol–water partition coefficient (Wildman–Crippen LogP) is 2.85. The Morgan fingerprint density at radius 2 is 1.80 bits per heavy atom. The highest BCUT2D eigenvalue weighted by atomic mass is 16.5. The molecule has 0 atom stereocenters. The molecular formula is C12H18N2O. The fourth-order valence-electron chi connectivity index (χ4n) is 3.32. The van der Waals surface area contributed by atoms with Gasteiger partial charge >= 0.3 is 0 Å². The first kappa shape index (κ1) is 9.37. The summed E-state index contributed by atoms with van der Waals surface area (Å²) in [6.07, 6.45) is 3.72. The molecule has 0 amide bonds. The van der Waals surface area contributed by atoms with Crippen molar-refractivity contribution in [3.05, 3.63) is 11.7 Å². The zero-order valence-electron chi connectivity index (χ0n) is 9.92. The lowest BCUT2D eigenvalue weighted by molar-refractivity contribution is -0.219. The number of hydrogen-bond acceptors (Lipinski definition) is 3. The van der Waals surface area contributed by atoms with Crippen LogP contribution in [0.2, 0.25) is 0 Å². The Morgan fingerprint density at radius 3 is 2.20 bits per heavy atom. The Kier molecular flexibility index (Phi) is 1.42. The van der Waals surface area contributed by atoms with Gasteiger partial charge in [0.25, 0.3) is 0 Å². The van der Waals surface area contributed by atoms with Gasteiger partial charge in [-0.05, 0) is 37.0 Å². The second-order valence-corrected chi connectivity index (χ2v) is 6.49. The molecule has 82 valence electrons. The SMILES string of the molecule is Cc1noc(C23CC(C(C)(C)C)(C2)C3)n1. The van der Waals surface area contributed by atoms with Crippen molar-refractivity contribution in [3.63, 3.8) is 0 Å². The molecule has 0 aromatic carbocycles. The van der Waals surface area contributed by atoms with Crippen molar-refractivity contribution in [1.82, 2.24) is 10.1 Å². The Morgan fingerprint density at radius 1 is 1.20 bits per heavy atom. The molecule has 0 radical (unpaired) electrons. The minimum absolute atomic E-state index is 0.258. The molecule has 3 saturated carbocycles. The van der Waals surface area contributed by atoms with Crippen molar-refractivity contribution < 1.29 is 4.52 Å². The van der Waals surface area contributed by atoms with Crippen LogP contribution in [-0.2, 0) is 5.41 Å². The van der Waals surface area contributed by atoms with Crippen molar-refractivity contribution >= 4 is 0 Å². The van der Waals surface area contributed by atoms with Crippen LogP contribution in [0, 0.1) is 17.8 Å². The van der Waals surface area contributed by atoms with E-state index in [0.29, 0.717) is 10.8 Å². The molecule has 1 aromatic heterocycles. The monoisotopic (exact) mass is 206 g/mol. The topological polar surface area (TPSA) is 38.9 Å². The molecule has 3 nitrogen and oxygen atoms in total. The van der Waals surface area contributed by atoms with Crippen LogP contribution in [0.15, 0.2) is 4.52 Å². The van der Waals surface area contributed by atoms with E-state index in [0.717, 1.165) is 11.7 Å². The average Bonchev–Trinajstić information content (AvgIpc) is 2.25. The summed E-state index contributed by atoms with van der Waals surface area (Å²) < 4.78 is 5.31. The summed E-state index contributed by atoms with van der Waals surface area (Å²) >= 11 is 0. The number of hydrogen-bond donors (Lipinski definition) is 0. The summed E-state index contributed by atoms with van der Waals surface area (Å²) in [5.74, 6) is 1.64. The molecule has 0 spiro atoms. The smallest absolute Gasteiger partial charge is 0.232 e. The van der Waals surface area contributed by atoms with Crippen LogP contribution in [0.3, 0.4) is 0 Å². The average molecular weight is 206 g/mol. The third-order valence-corrected chi connectivity index (χ3v) is 4.60. The zero-order chi connectivity index (χ0) is 10.9. The molecule has 0 saturated heterocycles. The van der Waals surface area contributed by atoms with E-state index in [1.165, 1.54) is 19.3 Å². The van der Waals surface area contributed by atoms with Gasteiger partial charge in [-0.1, -0.05) is 25.9 Å².